The summed E-state index contributed by atoms with van der Waals surface area (Å²) in [7, 11) is 10.4. The Morgan fingerprint density at radius 2 is 1.81 bits per heavy atom. The van der Waals surface area contributed by atoms with Gasteiger partial charge in [0.25, 0.3) is 0 Å². The van der Waals surface area contributed by atoms with Crippen molar-refractivity contribution < 1.29 is 50.2 Å². The molecule has 0 aromatic carbocycles. The molecule has 172 valence electrons. The molecule has 1 aliphatic rings. The zero-order valence-corrected chi connectivity index (χ0v) is 23.5. The Labute approximate surface area is 211 Å². The number of hydrogen-bond acceptors (Lipinski definition) is 7. The second-order valence-electron chi connectivity index (χ2n) is 7.94. The van der Waals surface area contributed by atoms with Crippen LogP contribution < -0.4 is 14.5 Å². The molecule has 32 heavy (non-hydrogen) atoms. The number of aryl methyl sites for hydroxylation is 1. The minimum Gasteiger partial charge on any atom is -0.493 e. The van der Waals surface area contributed by atoms with Crippen LogP contribution in [0, 0.1) is 42.8 Å². The van der Waals surface area contributed by atoms with Crippen molar-refractivity contribution in [2.75, 3.05) is 47.0 Å². The van der Waals surface area contributed by atoms with Crippen LogP contribution in [-0.4, -0.2) is 66.5 Å². The number of rotatable bonds is 6. The summed E-state index contributed by atoms with van der Waals surface area (Å²) in [6.07, 6.45) is 5.63. The molecule has 0 aliphatic heterocycles. The van der Waals surface area contributed by atoms with Crippen LogP contribution >= 0.6 is 0 Å². The number of pyridine rings is 2. The predicted molar refractivity (Wildman–Crippen MR) is 118 cm³/mol. The van der Waals surface area contributed by atoms with Gasteiger partial charge in [-0.3, -0.25) is 5.21 Å². The molecule has 1 aliphatic carbocycles. The van der Waals surface area contributed by atoms with Crippen LogP contribution in [0.1, 0.15) is 12.8 Å². The number of hydroxylamine groups is 1. The number of methoxy groups -OCH3 is 2. The van der Waals surface area contributed by atoms with Crippen LogP contribution in [-0.2, 0) is 7.05 Å². The summed E-state index contributed by atoms with van der Waals surface area (Å²) in [5, 5.41) is 11.3. The molecule has 0 unspecified atom stereocenters. The SMILES string of the molecule is CN(C)CC1CC1.COc1ncc(F)c(OC)c1-c1cc2cc(N(C)O)ncc2n1C.[U]. The van der Waals surface area contributed by atoms with Crippen LogP contribution in [0.2, 0.25) is 0 Å². The minimum absolute atomic E-state index is 0. The summed E-state index contributed by atoms with van der Waals surface area (Å²) in [6, 6.07) is 3.57. The maximum absolute atomic E-state index is 14.1. The molecular formula is C22H30FN5O3U. The Kier molecular flexibility index (Phi) is 9.34. The summed E-state index contributed by atoms with van der Waals surface area (Å²) < 4.78 is 26.4. The average molecular weight is 670 g/mol. The summed E-state index contributed by atoms with van der Waals surface area (Å²) in [4.78, 5) is 10.4. The van der Waals surface area contributed by atoms with Crippen molar-refractivity contribution in [3.8, 4) is 22.9 Å². The van der Waals surface area contributed by atoms with E-state index in [0.29, 0.717) is 17.1 Å². The van der Waals surface area contributed by atoms with Gasteiger partial charge in [0.15, 0.2) is 17.4 Å². The standard InChI is InChI=1S/C16H17FN4O3.C6H13N.U/c1-20-11(5-9-6-13(21(2)22)18-8-12(9)20)14-15(23-3)10(17)7-19-16(14)24-4;1-7(2)5-6-3-4-6;/h5-8,22H,1-4H3;6H,3-5H2,1-2H3;. The van der Waals surface area contributed by atoms with Gasteiger partial charge in [-0.15, -0.1) is 0 Å². The molecule has 10 heteroatoms. The minimum atomic E-state index is -0.576. The maximum atomic E-state index is 14.1. The normalized spacial score (nSPS) is 12.8. The fourth-order valence-electron chi connectivity index (χ4n) is 3.49. The Balaban J connectivity index is 0.000000388. The first-order valence-corrected chi connectivity index (χ1v) is 10.1. The monoisotopic (exact) mass is 669 g/mol. The van der Waals surface area contributed by atoms with Crippen molar-refractivity contribution in [2.45, 2.75) is 12.8 Å². The van der Waals surface area contributed by atoms with Crippen molar-refractivity contribution in [1.82, 2.24) is 19.4 Å². The third kappa shape index (κ3) is 5.93. The van der Waals surface area contributed by atoms with Gasteiger partial charge < -0.3 is 18.9 Å². The smallest absolute Gasteiger partial charge is 0.226 e. The van der Waals surface area contributed by atoms with Crippen molar-refractivity contribution in [2.24, 2.45) is 13.0 Å². The predicted octanol–water partition coefficient (Wildman–Crippen LogP) is 3.58. The van der Waals surface area contributed by atoms with Gasteiger partial charge in [0.05, 0.1) is 37.8 Å². The van der Waals surface area contributed by atoms with Gasteiger partial charge >= 0.3 is 0 Å². The van der Waals surface area contributed by atoms with E-state index in [1.54, 1.807) is 12.3 Å². The quantitative estimate of drug-likeness (QED) is 0.403. The molecule has 0 radical (unpaired) electrons. The van der Waals surface area contributed by atoms with Crippen molar-refractivity contribution in [3.05, 3.63) is 30.3 Å². The Bertz CT molecular complexity index is 1050. The Hall–Kier alpha value is -1.86. The number of anilines is 1. The van der Waals surface area contributed by atoms with E-state index in [2.05, 4.69) is 29.0 Å². The molecule has 3 aromatic heterocycles. The molecule has 3 heterocycles. The first-order chi connectivity index (χ1) is 14.8. The van der Waals surface area contributed by atoms with Gasteiger partial charge in [-0.25, -0.2) is 19.4 Å². The molecule has 1 saturated carbocycles. The van der Waals surface area contributed by atoms with E-state index < -0.39 is 5.82 Å². The number of ether oxygens (including phenoxy) is 2. The first kappa shape index (κ1) is 26.4. The summed E-state index contributed by atoms with van der Waals surface area (Å²) >= 11 is 0. The van der Waals surface area contributed by atoms with Gasteiger partial charge in [-0.2, -0.15) is 0 Å². The van der Waals surface area contributed by atoms with E-state index in [9.17, 15) is 9.60 Å². The van der Waals surface area contributed by atoms with Crippen LogP contribution in [0.3, 0.4) is 0 Å². The molecule has 0 bridgehead atoms. The number of fused-ring (bicyclic) bond motifs is 1. The maximum Gasteiger partial charge on any atom is 0.226 e. The number of nitrogens with zero attached hydrogens (tertiary/aromatic N) is 5. The van der Waals surface area contributed by atoms with Gasteiger partial charge in [-0.1, -0.05) is 0 Å². The first-order valence-electron chi connectivity index (χ1n) is 10.1. The topological polar surface area (TPSA) is 75.9 Å². The summed E-state index contributed by atoms with van der Waals surface area (Å²) in [5.41, 5.74) is 1.88. The van der Waals surface area contributed by atoms with E-state index in [1.165, 1.54) is 40.7 Å². The number of hydrogen-bond donors (Lipinski definition) is 1. The Morgan fingerprint density at radius 1 is 1.12 bits per heavy atom. The molecule has 8 nitrogen and oxygen atoms in total. The van der Waals surface area contributed by atoms with Crippen LogP contribution in [0.5, 0.6) is 11.6 Å². The van der Waals surface area contributed by atoms with E-state index in [1.807, 2.05) is 17.7 Å². The molecule has 0 amide bonds. The Morgan fingerprint density at radius 3 is 2.31 bits per heavy atom. The van der Waals surface area contributed by atoms with Gasteiger partial charge in [-0.05, 0) is 45.0 Å². The van der Waals surface area contributed by atoms with E-state index in [0.717, 1.165) is 28.1 Å². The zero-order chi connectivity index (χ0) is 22.7. The molecule has 4 rings (SSSR count). The summed E-state index contributed by atoms with van der Waals surface area (Å²) in [5.74, 6) is 1.19. The third-order valence-corrected chi connectivity index (χ3v) is 5.17. The second-order valence-corrected chi connectivity index (χ2v) is 7.94. The van der Waals surface area contributed by atoms with Gasteiger partial charge in [0, 0.05) is 57.1 Å². The molecular weight excluding hydrogens is 639 g/mol. The van der Waals surface area contributed by atoms with Crippen LogP contribution in [0.4, 0.5) is 10.2 Å². The third-order valence-electron chi connectivity index (χ3n) is 5.17. The number of halogens is 1. The second kappa shape index (κ2) is 11.3. The van der Waals surface area contributed by atoms with E-state index in [4.69, 9.17) is 9.47 Å². The van der Waals surface area contributed by atoms with Crippen molar-refractivity contribution in [3.63, 3.8) is 0 Å². The largest absolute Gasteiger partial charge is 0.493 e. The molecule has 0 saturated heterocycles. The van der Waals surface area contributed by atoms with Crippen molar-refractivity contribution >= 4 is 16.7 Å². The average Bonchev–Trinajstić information content (AvgIpc) is 3.48. The summed E-state index contributed by atoms with van der Waals surface area (Å²) in [6.45, 7) is 1.31. The zero-order valence-electron chi connectivity index (χ0n) is 19.4. The van der Waals surface area contributed by atoms with Gasteiger partial charge in [0.1, 0.15) is 5.56 Å². The number of aromatic nitrogens is 3. The van der Waals surface area contributed by atoms with E-state index >= 15 is 0 Å². The molecule has 3 aromatic rings. The fourth-order valence-corrected chi connectivity index (χ4v) is 3.49. The van der Waals surface area contributed by atoms with E-state index in [-0.39, 0.29) is 42.7 Å². The molecule has 0 atom stereocenters. The molecule has 0 spiro atoms. The molecule has 1 N–H and O–H groups in total. The van der Waals surface area contributed by atoms with Gasteiger partial charge in [0.2, 0.25) is 5.88 Å². The fraction of sp³-hybridized carbons (Fsp3) is 0.455. The van der Waals surface area contributed by atoms with Crippen molar-refractivity contribution in [1.29, 1.82) is 0 Å². The molecule has 1 fully saturated rings. The van der Waals surface area contributed by atoms with Crippen LogP contribution in [0.25, 0.3) is 22.2 Å². The van der Waals surface area contributed by atoms with Crippen LogP contribution in [0.15, 0.2) is 24.5 Å².